The minimum atomic E-state index is -0.160. The van der Waals surface area contributed by atoms with Gasteiger partial charge >= 0.3 is 0 Å². The highest BCUT2D eigenvalue weighted by molar-refractivity contribution is 5.84. The minimum Gasteiger partial charge on any atom is -0.350 e. The van der Waals surface area contributed by atoms with Crippen molar-refractivity contribution in [2.45, 2.75) is 19.4 Å². The zero-order valence-corrected chi connectivity index (χ0v) is 11.5. The normalized spacial score (nSPS) is 17.7. The standard InChI is InChI=1S/C15H21N3O2/c19-14(8-13-6-7-16-9-13)18-11-15(20)17-10-12-4-2-1-3-5-12/h1-5,13,16H,6-11H2,(H,17,20)(H,18,19). The maximum Gasteiger partial charge on any atom is 0.239 e. The number of nitrogens with one attached hydrogen (secondary N) is 3. The molecule has 0 spiro atoms. The summed E-state index contributed by atoms with van der Waals surface area (Å²) in [6.45, 7) is 2.41. The van der Waals surface area contributed by atoms with Crippen molar-refractivity contribution in [1.82, 2.24) is 16.0 Å². The Morgan fingerprint density at radius 1 is 1.15 bits per heavy atom. The predicted molar refractivity (Wildman–Crippen MR) is 76.9 cm³/mol. The number of hydrogen-bond donors (Lipinski definition) is 3. The van der Waals surface area contributed by atoms with Crippen LogP contribution in [-0.4, -0.2) is 31.4 Å². The first-order chi connectivity index (χ1) is 9.74. The smallest absolute Gasteiger partial charge is 0.239 e. The summed E-state index contributed by atoms with van der Waals surface area (Å²) >= 11 is 0. The van der Waals surface area contributed by atoms with E-state index in [1.165, 1.54) is 0 Å². The van der Waals surface area contributed by atoms with E-state index in [0.29, 0.717) is 18.9 Å². The van der Waals surface area contributed by atoms with Crippen molar-refractivity contribution >= 4 is 11.8 Å². The van der Waals surface area contributed by atoms with E-state index in [1.807, 2.05) is 30.3 Å². The van der Waals surface area contributed by atoms with Gasteiger partial charge in [0.05, 0.1) is 6.54 Å². The van der Waals surface area contributed by atoms with E-state index in [-0.39, 0.29) is 18.4 Å². The first-order valence-electron chi connectivity index (χ1n) is 7.02. The highest BCUT2D eigenvalue weighted by Gasteiger charge is 2.18. The Labute approximate surface area is 119 Å². The van der Waals surface area contributed by atoms with Gasteiger partial charge in [0.25, 0.3) is 0 Å². The minimum absolute atomic E-state index is 0.0474. The van der Waals surface area contributed by atoms with Crippen LogP contribution in [0.15, 0.2) is 30.3 Å². The molecule has 3 N–H and O–H groups in total. The van der Waals surface area contributed by atoms with Gasteiger partial charge in [-0.3, -0.25) is 9.59 Å². The Kier molecular flexibility index (Phi) is 5.55. The zero-order chi connectivity index (χ0) is 14.2. The van der Waals surface area contributed by atoms with Crippen LogP contribution < -0.4 is 16.0 Å². The molecule has 5 nitrogen and oxygen atoms in total. The van der Waals surface area contributed by atoms with E-state index in [2.05, 4.69) is 16.0 Å². The van der Waals surface area contributed by atoms with Gasteiger partial charge in [0.15, 0.2) is 0 Å². The molecule has 0 aromatic heterocycles. The van der Waals surface area contributed by atoms with Crippen molar-refractivity contribution in [3.63, 3.8) is 0 Å². The van der Waals surface area contributed by atoms with Gasteiger partial charge < -0.3 is 16.0 Å². The molecule has 2 amide bonds. The summed E-state index contributed by atoms with van der Waals surface area (Å²) in [7, 11) is 0. The molecule has 0 bridgehead atoms. The third-order valence-corrected chi connectivity index (χ3v) is 3.42. The fourth-order valence-corrected chi connectivity index (χ4v) is 2.26. The van der Waals surface area contributed by atoms with Crippen LogP contribution >= 0.6 is 0 Å². The monoisotopic (exact) mass is 275 g/mol. The van der Waals surface area contributed by atoms with Crippen molar-refractivity contribution < 1.29 is 9.59 Å². The molecule has 1 saturated heterocycles. The van der Waals surface area contributed by atoms with E-state index in [1.54, 1.807) is 0 Å². The number of carbonyl (C=O) groups is 2. The van der Waals surface area contributed by atoms with E-state index >= 15 is 0 Å². The Hall–Kier alpha value is -1.88. The van der Waals surface area contributed by atoms with Crippen LogP contribution in [0.1, 0.15) is 18.4 Å². The number of carbonyl (C=O) groups excluding carboxylic acids is 2. The fraction of sp³-hybridized carbons (Fsp3) is 0.467. The Morgan fingerprint density at radius 3 is 2.65 bits per heavy atom. The summed E-state index contributed by atoms with van der Waals surface area (Å²) in [5.74, 6) is 0.197. The molecule has 1 aromatic rings. The second-order valence-electron chi connectivity index (χ2n) is 5.10. The topological polar surface area (TPSA) is 70.2 Å². The van der Waals surface area contributed by atoms with Crippen LogP contribution in [-0.2, 0) is 16.1 Å². The van der Waals surface area contributed by atoms with E-state index in [9.17, 15) is 9.59 Å². The third kappa shape index (κ3) is 5.01. The average molecular weight is 275 g/mol. The molecule has 0 aliphatic carbocycles. The quantitative estimate of drug-likeness (QED) is 0.704. The summed E-state index contributed by atoms with van der Waals surface area (Å²) in [5, 5.41) is 8.67. The molecule has 20 heavy (non-hydrogen) atoms. The first kappa shape index (κ1) is 14.5. The van der Waals surface area contributed by atoms with Gasteiger partial charge in [0.2, 0.25) is 11.8 Å². The lowest BCUT2D eigenvalue weighted by atomic mass is 10.0. The molecule has 1 aromatic carbocycles. The van der Waals surface area contributed by atoms with Crippen molar-refractivity contribution in [2.24, 2.45) is 5.92 Å². The predicted octanol–water partition coefficient (Wildman–Crippen LogP) is 0.419. The summed E-state index contributed by atoms with van der Waals surface area (Å²) in [4.78, 5) is 23.3. The molecular formula is C15H21N3O2. The lowest BCUT2D eigenvalue weighted by Crippen LogP contribution is -2.37. The lowest BCUT2D eigenvalue weighted by molar-refractivity contribution is -0.126. The maximum atomic E-state index is 11.7. The van der Waals surface area contributed by atoms with Gasteiger partial charge in [-0.05, 0) is 31.0 Å². The molecule has 0 saturated carbocycles. The van der Waals surface area contributed by atoms with Gasteiger partial charge in [-0.15, -0.1) is 0 Å². The summed E-state index contributed by atoms with van der Waals surface area (Å²) in [6.07, 6.45) is 1.53. The van der Waals surface area contributed by atoms with E-state index in [0.717, 1.165) is 25.1 Å². The number of rotatable bonds is 6. The molecule has 1 aliphatic rings. The van der Waals surface area contributed by atoms with Crippen LogP contribution in [0.4, 0.5) is 0 Å². The molecule has 2 rings (SSSR count). The molecule has 5 heteroatoms. The Bertz CT molecular complexity index is 442. The first-order valence-corrected chi connectivity index (χ1v) is 7.02. The molecule has 1 fully saturated rings. The molecule has 1 aliphatic heterocycles. The van der Waals surface area contributed by atoms with Gasteiger partial charge in [-0.25, -0.2) is 0 Å². The molecule has 1 unspecified atom stereocenters. The average Bonchev–Trinajstić information content (AvgIpc) is 2.97. The zero-order valence-electron chi connectivity index (χ0n) is 11.5. The van der Waals surface area contributed by atoms with Crippen LogP contribution in [0.2, 0.25) is 0 Å². The Morgan fingerprint density at radius 2 is 1.95 bits per heavy atom. The van der Waals surface area contributed by atoms with Gasteiger partial charge in [0.1, 0.15) is 0 Å². The number of hydrogen-bond acceptors (Lipinski definition) is 3. The SMILES string of the molecule is O=C(CNC(=O)CC1CCNC1)NCc1ccccc1. The second-order valence-corrected chi connectivity index (χ2v) is 5.10. The van der Waals surface area contributed by atoms with Crippen LogP contribution in [0.25, 0.3) is 0 Å². The van der Waals surface area contributed by atoms with Crippen molar-refractivity contribution in [2.75, 3.05) is 19.6 Å². The molecule has 1 atom stereocenters. The van der Waals surface area contributed by atoms with Crippen LogP contribution in [0.3, 0.4) is 0 Å². The van der Waals surface area contributed by atoms with Gasteiger partial charge in [-0.2, -0.15) is 0 Å². The van der Waals surface area contributed by atoms with Crippen LogP contribution in [0, 0.1) is 5.92 Å². The van der Waals surface area contributed by atoms with Crippen LogP contribution in [0.5, 0.6) is 0 Å². The van der Waals surface area contributed by atoms with E-state index < -0.39 is 0 Å². The molecule has 1 heterocycles. The number of amides is 2. The van der Waals surface area contributed by atoms with Crippen molar-refractivity contribution in [1.29, 1.82) is 0 Å². The van der Waals surface area contributed by atoms with E-state index in [4.69, 9.17) is 0 Å². The highest BCUT2D eigenvalue weighted by atomic mass is 16.2. The number of benzene rings is 1. The third-order valence-electron chi connectivity index (χ3n) is 3.42. The van der Waals surface area contributed by atoms with Crippen molar-refractivity contribution in [3.05, 3.63) is 35.9 Å². The molecule has 0 radical (unpaired) electrons. The summed E-state index contributed by atoms with van der Waals surface area (Å²) in [6, 6.07) is 9.69. The summed E-state index contributed by atoms with van der Waals surface area (Å²) < 4.78 is 0. The fourth-order valence-electron chi connectivity index (χ4n) is 2.26. The van der Waals surface area contributed by atoms with Gasteiger partial charge in [-0.1, -0.05) is 30.3 Å². The second kappa shape index (κ2) is 7.65. The lowest BCUT2D eigenvalue weighted by Gasteiger charge is -2.09. The highest BCUT2D eigenvalue weighted by Crippen LogP contribution is 2.11. The largest absolute Gasteiger partial charge is 0.350 e. The Balaban J connectivity index is 1.61. The molecular weight excluding hydrogens is 254 g/mol. The van der Waals surface area contributed by atoms with Gasteiger partial charge in [0, 0.05) is 13.0 Å². The van der Waals surface area contributed by atoms with Crippen molar-refractivity contribution in [3.8, 4) is 0 Å². The summed E-state index contributed by atoms with van der Waals surface area (Å²) in [5.41, 5.74) is 1.05. The molecule has 108 valence electrons. The maximum absolute atomic E-state index is 11.7.